The fraction of sp³-hybridized carbons (Fsp3) is 0.500. The van der Waals surface area contributed by atoms with Gasteiger partial charge in [-0.3, -0.25) is 0 Å². The molecule has 2 heteroatoms. The molecule has 1 rings (SSSR count). The van der Waals surface area contributed by atoms with Gasteiger partial charge in [-0.25, -0.2) is 0 Å². The molecule has 0 aliphatic heterocycles. The lowest BCUT2D eigenvalue weighted by Gasteiger charge is -2.25. The van der Waals surface area contributed by atoms with E-state index in [0.717, 1.165) is 6.42 Å². The van der Waals surface area contributed by atoms with Crippen molar-refractivity contribution in [1.29, 1.82) is 0 Å². The van der Waals surface area contributed by atoms with Crippen LogP contribution in [0.4, 0.5) is 0 Å². The molecule has 0 bridgehead atoms. The second kappa shape index (κ2) is 5.38. The highest BCUT2D eigenvalue weighted by molar-refractivity contribution is 6.17. The second-order valence-corrected chi connectivity index (χ2v) is 4.19. The highest BCUT2D eigenvalue weighted by Gasteiger charge is 2.14. The first-order chi connectivity index (χ1) is 6.66. The van der Waals surface area contributed by atoms with Crippen LogP contribution in [0.5, 0.6) is 0 Å². The third-order valence-corrected chi connectivity index (χ3v) is 2.77. The van der Waals surface area contributed by atoms with E-state index in [2.05, 4.69) is 50.2 Å². The number of halogens is 1. The molecule has 0 heterocycles. The van der Waals surface area contributed by atoms with Gasteiger partial charge in [0.05, 0.1) is 0 Å². The Labute approximate surface area is 91.7 Å². The fourth-order valence-electron chi connectivity index (χ4n) is 1.76. The summed E-state index contributed by atoms with van der Waals surface area (Å²) >= 11 is 5.82. The predicted octanol–water partition coefficient (Wildman–Crippen LogP) is 3.23. The molecule has 0 aliphatic carbocycles. The molecule has 0 radical (unpaired) electrons. The zero-order valence-electron chi connectivity index (χ0n) is 9.13. The Bertz CT molecular complexity index is 283. The molecule has 0 aliphatic rings. The predicted molar refractivity (Wildman–Crippen MR) is 62.9 cm³/mol. The van der Waals surface area contributed by atoms with Gasteiger partial charge in [-0.1, -0.05) is 24.3 Å². The van der Waals surface area contributed by atoms with Crippen molar-refractivity contribution in [3.05, 3.63) is 35.4 Å². The number of benzene rings is 1. The molecule has 1 aromatic rings. The van der Waals surface area contributed by atoms with Crippen molar-refractivity contribution in [3.8, 4) is 0 Å². The Morgan fingerprint density at radius 1 is 1.29 bits per heavy atom. The number of alkyl halides is 1. The van der Waals surface area contributed by atoms with Crippen molar-refractivity contribution < 1.29 is 0 Å². The van der Waals surface area contributed by atoms with Gasteiger partial charge in [-0.05, 0) is 38.6 Å². The quantitative estimate of drug-likeness (QED) is 0.692. The van der Waals surface area contributed by atoms with Crippen LogP contribution in [0.1, 0.15) is 23.6 Å². The van der Waals surface area contributed by atoms with Crippen molar-refractivity contribution in [3.63, 3.8) is 0 Å². The molecular weight excluding hydrogens is 194 g/mol. The highest BCUT2D eigenvalue weighted by atomic mass is 35.5. The third-order valence-electron chi connectivity index (χ3n) is 2.55. The van der Waals surface area contributed by atoms with E-state index in [1.165, 1.54) is 11.1 Å². The minimum absolute atomic E-state index is 0.439. The number of hydrogen-bond acceptors (Lipinski definition) is 1. The van der Waals surface area contributed by atoms with E-state index in [9.17, 15) is 0 Å². The highest BCUT2D eigenvalue weighted by Crippen LogP contribution is 2.24. The van der Waals surface area contributed by atoms with Gasteiger partial charge < -0.3 is 4.90 Å². The van der Waals surface area contributed by atoms with Crippen LogP contribution in [0.15, 0.2) is 24.3 Å². The molecule has 0 saturated carbocycles. The minimum atomic E-state index is 0.439. The Hall–Kier alpha value is -0.530. The van der Waals surface area contributed by atoms with E-state index >= 15 is 0 Å². The third kappa shape index (κ3) is 2.73. The summed E-state index contributed by atoms with van der Waals surface area (Å²) in [6.07, 6.45) is 0.999. The monoisotopic (exact) mass is 211 g/mol. The summed E-state index contributed by atoms with van der Waals surface area (Å²) in [6.45, 7) is 2.15. The average Bonchev–Trinajstić information content (AvgIpc) is 2.15. The summed E-state index contributed by atoms with van der Waals surface area (Å²) in [5.41, 5.74) is 2.73. The molecule has 78 valence electrons. The van der Waals surface area contributed by atoms with Crippen molar-refractivity contribution >= 4 is 11.6 Å². The Morgan fingerprint density at radius 2 is 1.93 bits per heavy atom. The maximum Gasteiger partial charge on any atom is 0.0355 e. The van der Waals surface area contributed by atoms with Crippen LogP contribution in [0.2, 0.25) is 0 Å². The van der Waals surface area contributed by atoms with E-state index in [1.807, 2.05) is 0 Å². The number of nitrogens with zero attached hydrogens (tertiary/aromatic N) is 1. The SMILES string of the molecule is Cc1ccccc1C(CCCl)N(C)C. The first kappa shape index (κ1) is 11.5. The van der Waals surface area contributed by atoms with Crippen molar-refractivity contribution in [2.24, 2.45) is 0 Å². The van der Waals surface area contributed by atoms with Crippen LogP contribution in [0, 0.1) is 6.92 Å². The standard InChI is InChI=1S/C12H18ClN/c1-10-6-4-5-7-11(10)12(8-9-13)14(2)3/h4-7,12H,8-9H2,1-3H3. The summed E-state index contributed by atoms with van der Waals surface area (Å²) in [7, 11) is 4.20. The molecule has 1 nitrogen and oxygen atoms in total. The van der Waals surface area contributed by atoms with Crippen LogP contribution in [0.3, 0.4) is 0 Å². The van der Waals surface area contributed by atoms with Crippen LogP contribution in [-0.4, -0.2) is 24.9 Å². The summed E-state index contributed by atoms with van der Waals surface area (Å²) in [4.78, 5) is 2.23. The van der Waals surface area contributed by atoms with Crippen LogP contribution < -0.4 is 0 Å². The lowest BCUT2D eigenvalue weighted by molar-refractivity contribution is 0.292. The van der Waals surface area contributed by atoms with Crippen LogP contribution >= 0.6 is 11.6 Å². The molecule has 0 aromatic heterocycles. The smallest absolute Gasteiger partial charge is 0.0355 e. The zero-order valence-corrected chi connectivity index (χ0v) is 9.88. The molecule has 1 aromatic carbocycles. The summed E-state index contributed by atoms with van der Waals surface area (Å²) in [5, 5.41) is 0. The van der Waals surface area contributed by atoms with Gasteiger partial charge in [0.25, 0.3) is 0 Å². The van der Waals surface area contributed by atoms with Crippen molar-refractivity contribution in [1.82, 2.24) is 4.90 Å². The summed E-state index contributed by atoms with van der Waals surface area (Å²) < 4.78 is 0. The van der Waals surface area contributed by atoms with Gasteiger partial charge in [-0.2, -0.15) is 0 Å². The normalized spacial score (nSPS) is 13.2. The van der Waals surface area contributed by atoms with Gasteiger partial charge >= 0.3 is 0 Å². The largest absolute Gasteiger partial charge is 0.302 e. The van der Waals surface area contributed by atoms with Gasteiger partial charge in [-0.15, -0.1) is 11.6 Å². The van der Waals surface area contributed by atoms with Gasteiger partial charge in [0, 0.05) is 11.9 Å². The summed E-state index contributed by atoms with van der Waals surface area (Å²) in [6, 6.07) is 8.94. The average molecular weight is 212 g/mol. The lowest BCUT2D eigenvalue weighted by Crippen LogP contribution is -2.21. The van der Waals surface area contributed by atoms with Gasteiger partial charge in [0.1, 0.15) is 0 Å². The molecule has 1 atom stereocenters. The number of aryl methyl sites for hydroxylation is 1. The molecule has 0 amide bonds. The fourth-order valence-corrected chi connectivity index (χ4v) is 1.96. The van der Waals surface area contributed by atoms with Gasteiger partial charge in [0.2, 0.25) is 0 Å². The molecule has 0 N–H and O–H groups in total. The zero-order chi connectivity index (χ0) is 10.6. The molecule has 14 heavy (non-hydrogen) atoms. The topological polar surface area (TPSA) is 3.24 Å². The van der Waals surface area contributed by atoms with Crippen molar-refractivity contribution in [2.45, 2.75) is 19.4 Å². The molecular formula is C12H18ClN. The second-order valence-electron chi connectivity index (χ2n) is 3.81. The van der Waals surface area contributed by atoms with E-state index in [0.29, 0.717) is 11.9 Å². The van der Waals surface area contributed by atoms with E-state index in [-0.39, 0.29) is 0 Å². The molecule has 0 saturated heterocycles. The number of hydrogen-bond donors (Lipinski definition) is 0. The van der Waals surface area contributed by atoms with Crippen LogP contribution in [0.25, 0.3) is 0 Å². The van der Waals surface area contributed by atoms with Gasteiger partial charge in [0.15, 0.2) is 0 Å². The van der Waals surface area contributed by atoms with E-state index in [1.54, 1.807) is 0 Å². The number of rotatable bonds is 4. The van der Waals surface area contributed by atoms with E-state index in [4.69, 9.17) is 11.6 Å². The van der Waals surface area contributed by atoms with Crippen molar-refractivity contribution in [2.75, 3.05) is 20.0 Å². The van der Waals surface area contributed by atoms with E-state index < -0.39 is 0 Å². The first-order valence-corrected chi connectivity index (χ1v) is 5.48. The Balaban J connectivity index is 2.93. The Morgan fingerprint density at radius 3 is 2.43 bits per heavy atom. The van der Waals surface area contributed by atoms with Crippen LogP contribution in [-0.2, 0) is 0 Å². The maximum absolute atomic E-state index is 5.82. The first-order valence-electron chi connectivity index (χ1n) is 4.94. The minimum Gasteiger partial charge on any atom is -0.302 e. The Kier molecular flexibility index (Phi) is 4.43. The maximum atomic E-state index is 5.82. The lowest BCUT2D eigenvalue weighted by atomic mass is 9.99. The molecule has 0 spiro atoms. The molecule has 1 unspecified atom stereocenters. The summed E-state index contributed by atoms with van der Waals surface area (Å²) in [5.74, 6) is 0.706. The molecule has 0 fully saturated rings.